The van der Waals surface area contributed by atoms with Gasteiger partial charge in [-0.3, -0.25) is 0 Å². The summed E-state index contributed by atoms with van der Waals surface area (Å²) in [6.45, 7) is 0. The summed E-state index contributed by atoms with van der Waals surface area (Å²) in [7, 11) is -3.23. The lowest BCUT2D eigenvalue weighted by Gasteiger charge is -2.18. The van der Waals surface area contributed by atoms with Crippen LogP contribution in [0.4, 0.5) is 0 Å². The standard InChI is InChI=1S/C16H22O3S/c1-20(18,19)15-11-7-10-14(12-15)16(17)13-8-5-3-2-4-6-9-13/h7-8,10-12,16-17H,2-6,9H2,1H3/b13-8+. The van der Waals surface area contributed by atoms with Crippen LogP contribution in [0, 0.1) is 0 Å². The van der Waals surface area contributed by atoms with Gasteiger partial charge in [0, 0.05) is 6.26 Å². The zero-order chi connectivity index (χ0) is 14.6. The molecule has 1 unspecified atom stereocenters. The number of sulfone groups is 1. The number of hydrogen-bond acceptors (Lipinski definition) is 3. The van der Waals surface area contributed by atoms with E-state index in [2.05, 4.69) is 6.08 Å². The third-order valence-corrected chi connectivity index (χ3v) is 4.89. The van der Waals surface area contributed by atoms with Gasteiger partial charge in [0.05, 0.1) is 4.90 Å². The van der Waals surface area contributed by atoms with Gasteiger partial charge in [-0.15, -0.1) is 0 Å². The van der Waals surface area contributed by atoms with E-state index < -0.39 is 15.9 Å². The molecule has 3 nitrogen and oxygen atoms in total. The molecule has 0 saturated carbocycles. The highest BCUT2D eigenvalue weighted by Crippen LogP contribution is 2.29. The summed E-state index contributed by atoms with van der Waals surface area (Å²) in [4.78, 5) is 0.264. The van der Waals surface area contributed by atoms with Crippen molar-refractivity contribution >= 4 is 9.84 Å². The van der Waals surface area contributed by atoms with Crippen LogP contribution in [0.15, 0.2) is 40.8 Å². The van der Waals surface area contributed by atoms with Crippen LogP contribution in [-0.4, -0.2) is 19.8 Å². The van der Waals surface area contributed by atoms with Crippen molar-refractivity contribution < 1.29 is 13.5 Å². The second kappa shape index (κ2) is 6.55. The molecule has 4 heteroatoms. The van der Waals surface area contributed by atoms with Gasteiger partial charge in [0.15, 0.2) is 9.84 Å². The van der Waals surface area contributed by atoms with Gasteiger partial charge in [0.25, 0.3) is 0 Å². The Hall–Kier alpha value is -1.13. The summed E-state index contributed by atoms with van der Waals surface area (Å²) in [6.07, 6.45) is 9.23. The van der Waals surface area contributed by atoms with Crippen molar-refractivity contribution in [2.24, 2.45) is 0 Å². The Morgan fingerprint density at radius 2 is 1.90 bits per heavy atom. The second-order valence-corrected chi connectivity index (χ2v) is 7.49. The Balaban J connectivity index is 2.26. The Morgan fingerprint density at radius 3 is 2.65 bits per heavy atom. The minimum atomic E-state index is -3.23. The topological polar surface area (TPSA) is 54.4 Å². The van der Waals surface area contributed by atoms with Crippen LogP contribution < -0.4 is 0 Å². The lowest BCUT2D eigenvalue weighted by molar-refractivity contribution is 0.209. The van der Waals surface area contributed by atoms with Crippen molar-refractivity contribution in [1.82, 2.24) is 0 Å². The van der Waals surface area contributed by atoms with Gasteiger partial charge >= 0.3 is 0 Å². The number of hydrogen-bond donors (Lipinski definition) is 1. The molecule has 1 aliphatic carbocycles. The van der Waals surface area contributed by atoms with Crippen LogP contribution in [0.1, 0.15) is 50.2 Å². The third-order valence-electron chi connectivity index (χ3n) is 3.78. The van der Waals surface area contributed by atoms with E-state index in [1.807, 2.05) is 0 Å². The number of benzene rings is 1. The van der Waals surface area contributed by atoms with Gasteiger partial charge in [-0.2, -0.15) is 0 Å². The van der Waals surface area contributed by atoms with E-state index in [1.54, 1.807) is 24.3 Å². The molecule has 1 aromatic carbocycles. The van der Waals surface area contributed by atoms with Gasteiger partial charge < -0.3 is 5.11 Å². The SMILES string of the molecule is CS(=O)(=O)c1cccc(C(O)/C2=C/CCCCCC2)c1. The summed E-state index contributed by atoms with van der Waals surface area (Å²) >= 11 is 0. The number of rotatable bonds is 3. The minimum Gasteiger partial charge on any atom is -0.384 e. The van der Waals surface area contributed by atoms with Gasteiger partial charge in [0.1, 0.15) is 6.10 Å². The van der Waals surface area contributed by atoms with Crippen molar-refractivity contribution in [3.05, 3.63) is 41.5 Å². The molecule has 110 valence electrons. The highest BCUT2D eigenvalue weighted by Gasteiger charge is 2.16. The predicted octanol–water partition coefficient (Wildman–Crippen LogP) is 3.40. The van der Waals surface area contributed by atoms with Gasteiger partial charge in [-0.05, 0) is 49.0 Å². The fourth-order valence-electron chi connectivity index (χ4n) is 2.59. The molecule has 0 bridgehead atoms. The van der Waals surface area contributed by atoms with E-state index in [-0.39, 0.29) is 4.90 Å². The highest BCUT2D eigenvalue weighted by molar-refractivity contribution is 7.90. The number of aliphatic hydroxyl groups excluding tert-OH is 1. The van der Waals surface area contributed by atoms with Gasteiger partial charge in [0.2, 0.25) is 0 Å². The monoisotopic (exact) mass is 294 g/mol. The van der Waals surface area contributed by atoms with Crippen LogP contribution in [-0.2, 0) is 9.84 Å². The average molecular weight is 294 g/mol. The molecule has 1 aromatic rings. The molecule has 0 saturated heterocycles. The zero-order valence-corrected chi connectivity index (χ0v) is 12.7. The summed E-state index contributed by atoms with van der Waals surface area (Å²) < 4.78 is 23.2. The van der Waals surface area contributed by atoms with E-state index in [0.29, 0.717) is 5.56 Å². The van der Waals surface area contributed by atoms with Crippen molar-refractivity contribution in [2.75, 3.05) is 6.26 Å². The smallest absolute Gasteiger partial charge is 0.175 e. The van der Waals surface area contributed by atoms with Gasteiger partial charge in [-0.25, -0.2) is 8.42 Å². The first-order chi connectivity index (χ1) is 9.48. The fraction of sp³-hybridized carbons (Fsp3) is 0.500. The summed E-state index contributed by atoms with van der Waals surface area (Å²) in [5.74, 6) is 0. The molecule has 20 heavy (non-hydrogen) atoms. The van der Waals surface area contributed by atoms with E-state index in [9.17, 15) is 13.5 Å². The molecule has 0 spiro atoms. The van der Waals surface area contributed by atoms with E-state index >= 15 is 0 Å². The molecule has 1 N–H and O–H groups in total. The molecule has 1 atom stereocenters. The molecule has 0 aliphatic heterocycles. The molecule has 0 radical (unpaired) electrons. The van der Waals surface area contributed by atoms with Gasteiger partial charge in [-0.1, -0.05) is 31.1 Å². The van der Waals surface area contributed by atoms with Crippen molar-refractivity contribution in [3.8, 4) is 0 Å². The molecule has 0 heterocycles. The molecule has 0 aromatic heterocycles. The molecule has 0 fully saturated rings. The largest absolute Gasteiger partial charge is 0.384 e. The van der Waals surface area contributed by atoms with Crippen LogP contribution >= 0.6 is 0 Å². The lowest BCUT2D eigenvalue weighted by Crippen LogP contribution is -2.05. The first kappa shape index (κ1) is 15.3. The van der Waals surface area contributed by atoms with Crippen molar-refractivity contribution in [2.45, 2.75) is 49.5 Å². The Labute approximate surface area is 121 Å². The maximum atomic E-state index is 11.6. The second-order valence-electron chi connectivity index (χ2n) is 5.48. The van der Waals surface area contributed by atoms with Crippen LogP contribution in [0.2, 0.25) is 0 Å². The predicted molar refractivity (Wildman–Crippen MR) is 80.3 cm³/mol. The highest BCUT2D eigenvalue weighted by atomic mass is 32.2. The number of allylic oxidation sites excluding steroid dienone is 1. The summed E-state index contributed by atoms with van der Waals surface area (Å²) in [5.41, 5.74) is 1.69. The number of aliphatic hydroxyl groups is 1. The summed E-state index contributed by atoms with van der Waals surface area (Å²) in [5, 5.41) is 10.5. The van der Waals surface area contributed by atoms with Crippen molar-refractivity contribution in [3.63, 3.8) is 0 Å². The average Bonchev–Trinajstić information content (AvgIpc) is 2.37. The Kier molecular flexibility index (Phi) is 5.00. The van der Waals surface area contributed by atoms with Crippen LogP contribution in [0.25, 0.3) is 0 Å². The quantitative estimate of drug-likeness (QED) is 0.869. The normalized spacial score (nSPS) is 21.4. The van der Waals surface area contributed by atoms with Crippen LogP contribution in [0.5, 0.6) is 0 Å². The molecule has 1 aliphatic rings. The Bertz CT molecular complexity index is 587. The zero-order valence-electron chi connectivity index (χ0n) is 11.9. The first-order valence-corrected chi connectivity index (χ1v) is 9.04. The van der Waals surface area contributed by atoms with Crippen LogP contribution in [0.3, 0.4) is 0 Å². The molecular formula is C16H22O3S. The van der Waals surface area contributed by atoms with Crippen molar-refractivity contribution in [1.29, 1.82) is 0 Å². The fourth-order valence-corrected chi connectivity index (χ4v) is 3.27. The molecular weight excluding hydrogens is 272 g/mol. The first-order valence-electron chi connectivity index (χ1n) is 7.15. The Morgan fingerprint density at radius 1 is 1.15 bits per heavy atom. The third kappa shape index (κ3) is 3.93. The minimum absolute atomic E-state index is 0.264. The molecule has 0 amide bonds. The summed E-state index contributed by atoms with van der Waals surface area (Å²) in [6, 6.07) is 6.63. The maximum Gasteiger partial charge on any atom is 0.175 e. The maximum absolute atomic E-state index is 11.6. The van der Waals surface area contributed by atoms with E-state index in [0.717, 1.165) is 24.8 Å². The van der Waals surface area contributed by atoms with E-state index in [1.165, 1.54) is 25.5 Å². The van der Waals surface area contributed by atoms with E-state index in [4.69, 9.17) is 0 Å². The molecule has 2 rings (SSSR count). The lowest BCUT2D eigenvalue weighted by atomic mass is 9.93.